The van der Waals surface area contributed by atoms with Gasteiger partial charge in [0.15, 0.2) is 0 Å². The van der Waals surface area contributed by atoms with Gasteiger partial charge in [-0.3, -0.25) is 0 Å². The van der Waals surface area contributed by atoms with Gasteiger partial charge in [-0.2, -0.15) is 13.2 Å². The lowest BCUT2D eigenvalue weighted by atomic mass is 10.1. The lowest BCUT2D eigenvalue weighted by Gasteiger charge is -2.05. The first-order chi connectivity index (χ1) is 6.38. The van der Waals surface area contributed by atoms with E-state index in [4.69, 9.17) is 5.11 Å². The molecule has 0 unspecified atom stereocenters. The van der Waals surface area contributed by atoms with Crippen LogP contribution in [0, 0.1) is 0 Å². The molecule has 1 aromatic heterocycles. The fourth-order valence-corrected chi connectivity index (χ4v) is 1.21. The Bertz CT molecular complexity index is 354. The molecule has 1 rings (SSSR count). The Morgan fingerprint density at radius 3 is 2.50 bits per heavy atom. The average molecular weight is 207 g/mol. The van der Waals surface area contributed by atoms with Crippen molar-refractivity contribution in [2.75, 3.05) is 0 Å². The monoisotopic (exact) mass is 207 g/mol. The number of rotatable bonds is 2. The third kappa shape index (κ3) is 1.73. The van der Waals surface area contributed by atoms with E-state index in [-0.39, 0.29) is 12.1 Å². The predicted molar refractivity (Wildman–Crippen MR) is 42.1 cm³/mol. The Kier molecular flexibility index (Phi) is 2.55. The molecular formula is C8H8F3NO2. The number of carbonyl (C=O) groups is 1. The second-order valence-electron chi connectivity index (χ2n) is 2.71. The molecule has 0 amide bonds. The highest BCUT2D eigenvalue weighted by Crippen LogP contribution is 2.33. The van der Waals surface area contributed by atoms with Crippen LogP contribution < -0.4 is 0 Å². The molecule has 1 heterocycles. The highest BCUT2D eigenvalue weighted by molar-refractivity contribution is 5.91. The van der Waals surface area contributed by atoms with E-state index in [1.165, 1.54) is 0 Å². The van der Waals surface area contributed by atoms with Crippen LogP contribution in [-0.4, -0.2) is 16.1 Å². The average Bonchev–Trinajstić information content (AvgIpc) is 2.45. The highest BCUT2D eigenvalue weighted by atomic mass is 19.4. The van der Waals surface area contributed by atoms with Crippen LogP contribution in [0.2, 0.25) is 0 Å². The summed E-state index contributed by atoms with van der Waals surface area (Å²) in [4.78, 5) is 12.9. The number of carboxylic acid groups (broad SMARTS) is 1. The molecule has 0 fully saturated rings. The first-order valence-corrected chi connectivity index (χ1v) is 3.88. The molecule has 0 aliphatic rings. The molecule has 14 heavy (non-hydrogen) atoms. The van der Waals surface area contributed by atoms with Crippen molar-refractivity contribution in [1.82, 2.24) is 4.98 Å². The molecule has 0 spiro atoms. The van der Waals surface area contributed by atoms with Crippen LogP contribution in [-0.2, 0) is 12.6 Å². The van der Waals surface area contributed by atoms with E-state index in [2.05, 4.69) is 4.98 Å². The molecule has 1 aromatic rings. The summed E-state index contributed by atoms with van der Waals surface area (Å²) in [5.41, 5.74) is -1.72. The molecule has 3 nitrogen and oxygen atoms in total. The number of hydrogen-bond acceptors (Lipinski definition) is 1. The van der Waals surface area contributed by atoms with Crippen molar-refractivity contribution in [1.29, 1.82) is 0 Å². The first-order valence-electron chi connectivity index (χ1n) is 3.88. The zero-order valence-electron chi connectivity index (χ0n) is 7.27. The Labute approximate surface area is 77.6 Å². The van der Waals surface area contributed by atoms with Crippen molar-refractivity contribution in [2.45, 2.75) is 19.5 Å². The molecule has 0 aliphatic heterocycles. The summed E-state index contributed by atoms with van der Waals surface area (Å²) < 4.78 is 36.8. The summed E-state index contributed by atoms with van der Waals surface area (Å²) in [7, 11) is 0. The predicted octanol–water partition coefficient (Wildman–Crippen LogP) is 2.29. The van der Waals surface area contributed by atoms with Crippen molar-refractivity contribution in [3.8, 4) is 0 Å². The number of halogens is 3. The molecule has 78 valence electrons. The summed E-state index contributed by atoms with van der Waals surface area (Å²) in [6.45, 7) is 1.58. The summed E-state index contributed by atoms with van der Waals surface area (Å²) in [5.74, 6) is -1.56. The van der Waals surface area contributed by atoms with Crippen LogP contribution >= 0.6 is 0 Å². The number of alkyl halides is 3. The number of aromatic carboxylic acids is 1. The topological polar surface area (TPSA) is 53.1 Å². The summed E-state index contributed by atoms with van der Waals surface area (Å²) >= 11 is 0. The van der Waals surface area contributed by atoms with Gasteiger partial charge in [-0.15, -0.1) is 0 Å². The SMILES string of the molecule is CCc1[nH]cc(C(F)(F)F)c1C(=O)O. The van der Waals surface area contributed by atoms with Gasteiger partial charge in [0.05, 0.1) is 11.1 Å². The molecule has 6 heteroatoms. The van der Waals surface area contributed by atoms with Crippen molar-refractivity contribution < 1.29 is 23.1 Å². The maximum absolute atomic E-state index is 12.3. The standard InChI is InChI=1S/C8H8F3NO2/c1-2-5-6(7(13)14)4(3-12-5)8(9,10)11/h3,12H,2H2,1H3,(H,13,14). The molecule has 2 N–H and O–H groups in total. The normalized spacial score (nSPS) is 11.7. The van der Waals surface area contributed by atoms with Crippen molar-refractivity contribution in [2.24, 2.45) is 0 Å². The lowest BCUT2D eigenvalue weighted by molar-refractivity contribution is -0.138. The zero-order valence-corrected chi connectivity index (χ0v) is 7.27. The Morgan fingerprint density at radius 2 is 2.14 bits per heavy atom. The van der Waals surface area contributed by atoms with Crippen molar-refractivity contribution >= 4 is 5.97 Å². The van der Waals surface area contributed by atoms with Crippen LogP contribution in [0.3, 0.4) is 0 Å². The molecule has 0 aromatic carbocycles. The first kappa shape index (κ1) is 10.6. The fourth-order valence-electron chi connectivity index (χ4n) is 1.21. The van der Waals surface area contributed by atoms with Crippen LogP contribution in [0.15, 0.2) is 6.20 Å². The molecule has 0 aliphatic carbocycles. The number of aromatic nitrogens is 1. The number of hydrogen-bond donors (Lipinski definition) is 2. The van der Waals surface area contributed by atoms with E-state index in [1.54, 1.807) is 6.92 Å². The number of aryl methyl sites for hydroxylation is 1. The van der Waals surface area contributed by atoms with Crippen LogP contribution in [0.5, 0.6) is 0 Å². The third-order valence-electron chi connectivity index (χ3n) is 1.83. The van der Waals surface area contributed by atoms with Gasteiger partial charge in [-0.25, -0.2) is 4.79 Å². The number of H-pyrrole nitrogens is 1. The Morgan fingerprint density at radius 1 is 1.57 bits per heavy atom. The lowest BCUT2D eigenvalue weighted by Crippen LogP contribution is -2.11. The second-order valence-corrected chi connectivity index (χ2v) is 2.71. The fraction of sp³-hybridized carbons (Fsp3) is 0.375. The largest absolute Gasteiger partial charge is 0.478 e. The van der Waals surface area contributed by atoms with Gasteiger partial charge in [0, 0.05) is 11.9 Å². The van der Waals surface area contributed by atoms with Gasteiger partial charge in [0.1, 0.15) is 0 Å². The Balaban J connectivity index is 3.32. The van der Waals surface area contributed by atoms with Crippen molar-refractivity contribution in [3.05, 3.63) is 23.0 Å². The molecule has 0 radical (unpaired) electrons. The van der Waals surface area contributed by atoms with Gasteiger partial charge >= 0.3 is 12.1 Å². The minimum absolute atomic E-state index is 0.0878. The second kappa shape index (κ2) is 3.36. The van der Waals surface area contributed by atoms with Crippen LogP contribution in [0.25, 0.3) is 0 Å². The van der Waals surface area contributed by atoms with Gasteiger partial charge in [0.2, 0.25) is 0 Å². The van der Waals surface area contributed by atoms with E-state index in [9.17, 15) is 18.0 Å². The number of carboxylic acids is 1. The summed E-state index contributed by atoms with van der Waals surface area (Å²) in [6, 6.07) is 0. The number of aromatic amines is 1. The van der Waals surface area contributed by atoms with Gasteiger partial charge in [-0.05, 0) is 6.42 Å². The zero-order chi connectivity index (χ0) is 10.9. The smallest absolute Gasteiger partial charge is 0.418 e. The van der Waals surface area contributed by atoms with E-state index >= 15 is 0 Å². The van der Waals surface area contributed by atoms with Gasteiger partial charge in [0.25, 0.3) is 0 Å². The quantitative estimate of drug-likeness (QED) is 0.781. The molecule has 0 bridgehead atoms. The van der Waals surface area contributed by atoms with E-state index in [1.807, 2.05) is 0 Å². The third-order valence-corrected chi connectivity index (χ3v) is 1.83. The number of nitrogens with one attached hydrogen (secondary N) is 1. The molecular weight excluding hydrogens is 199 g/mol. The molecule has 0 saturated carbocycles. The molecule has 0 saturated heterocycles. The van der Waals surface area contributed by atoms with E-state index in [0.717, 1.165) is 0 Å². The maximum Gasteiger partial charge on any atom is 0.418 e. The van der Waals surface area contributed by atoms with Crippen LogP contribution in [0.1, 0.15) is 28.5 Å². The van der Waals surface area contributed by atoms with Gasteiger partial charge in [-0.1, -0.05) is 6.92 Å². The van der Waals surface area contributed by atoms with Gasteiger partial charge < -0.3 is 10.1 Å². The van der Waals surface area contributed by atoms with Crippen molar-refractivity contribution in [3.63, 3.8) is 0 Å². The highest BCUT2D eigenvalue weighted by Gasteiger charge is 2.37. The van der Waals surface area contributed by atoms with E-state index in [0.29, 0.717) is 6.20 Å². The summed E-state index contributed by atoms with van der Waals surface area (Å²) in [6.07, 6.45) is -3.72. The summed E-state index contributed by atoms with van der Waals surface area (Å²) in [5, 5.41) is 8.61. The molecule has 0 atom stereocenters. The van der Waals surface area contributed by atoms with E-state index < -0.39 is 23.3 Å². The minimum Gasteiger partial charge on any atom is -0.478 e. The van der Waals surface area contributed by atoms with Crippen LogP contribution in [0.4, 0.5) is 13.2 Å². The maximum atomic E-state index is 12.3. The minimum atomic E-state index is -4.63. The Hall–Kier alpha value is -1.46.